The normalized spacial score (nSPS) is 10.5. The number of carboxylic acid groups (broad SMARTS) is 1. The van der Waals surface area contributed by atoms with E-state index in [-0.39, 0.29) is 5.56 Å². The first-order valence-electron chi connectivity index (χ1n) is 5.93. The molecule has 0 fully saturated rings. The minimum atomic E-state index is -0.937. The molecule has 0 amide bonds. The summed E-state index contributed by atoms with van der Waals surface area (Å²) in [6.45, 7) is 5.83. The van der Waals surface area contributed by atoms with Crippen LogP contribution in [0.4, 0.5) is 0 Å². The number of carboxylic acids is 1. The molecule has 0 atom stereocenters. The summed E-state index contributed by atoms with van der Waals surface area (Å²) >= 11 is 1.56. The van der Waals surface area contributed by atoms with Gasteiger partial charge < -0.3 is 5.11 Å². The largest absolute Gasteiger partial charge is 0.478 e. The summed E-state index contributed by atoms with van der Waals surface area (Å²) in [6.07, 6.45) is 0. The maximum Gasteiger partial charge on any atom is 0.337 e. The van der Waals surface area contributed by atoms with Crippen LogP contribution in [0, 0.1) is 20.8 Å². The number of rotatable bonds is 3. The van der Waals surface area contributed by atoms with Gasteiger partial charge in [-0.2, -0.15) is 0 Å². The van der Waals surface area contributed by atoms with Crippen LogP contribution in [0.1, 0.15) is 27.2 Å². The van der Waals surface area contributed by atoms with Gasteiger partial charge in [-0.15, -0.1) is 0 Å². The van der Waals surface area contributed by atoms with Gasteiger partial charge in [-0.1, -0.05) is 23.9 Å². The van der Waals surface area contributed by atoms with Crippen molar-refractivity contribution >= 4 is 17.7 Å². The molecule has 4 heteroatoms. The third kappa shape index (κ3) is 3.15. The molecule has 0 spiro atoms. The summed E-state index contributed by atoms with van der Waals surface area (Å²) in [4.78, 5) is 16.4. The number of aromatic nitrogens is 1. The van der Waals surface area contributed by atoms with E-state index < -0.39 is 5.97 Å². The molecule has 0 radical (unpaired) electrons. The Labute approximate surface area is 116 Å². The highest BCUT2D eigenvalue weighted by Crippen LogP contribution is 2.30. The zero-order valence-electron chi connectivity index (χ0n) is 11.1. The van der Waals surface area contributed by atoms with Gasteiger partial charge in [-0.25, -0.2) is 9.78 Å². The molecule has 1 aromatic heterocycles. The number of aromatic carboxylic acids is 1. The fourth-order valence-corrected chi connectivity index (χ4v) is 2.77. The van der Waals surface area contributed by atoms with E-state index in [4.69, 9.17) is 5.11 Å². The zero-order chi connectivity index (χ0) is 14.0. The highest BCUT2D eigenvalue weighted by atomic mass is 32.2. The summed E-state index contributed by atoms with van der Waals surface area (Å²) in [7, 11) is 0. The van der Waals surface area contributed by atoms with Crippen molar-refractivity contribution in [3.05, 3.63) is 52.7 Å². The molecule has 0 unspecified atom stereocenters. The molecule has 0 aliphatic rings. The van der Waals surface area contributed by atoms with E-state index >= 15 is 0 Å². The van der Waals surface area contributed by atoms with Crippen molar-refractivity contribution in [3.8, 4) is 0 Å². The van der Waals surface area contributed by atoms with Crippen LogP contribution in [0.3, 0.4) is 0 Å². The van der Waals surface area contributed by atoms with E-state index in [2.05, 4.69) is 37.0 Å². The van der Waals surface area contributed by atoms with E-state index in [9.17, 15) is 4.79 Å². The predicted octanol–water partition coefficient (Wildman–Crippen LogP) is 3.86. The van der Waals surface area contributed by atoms with E-state index in [1.807, 2.05) is 0 Å². The number of benzene rings is 1. The van der Waals surface area contributed by atoms with Gasteiger partial charge in [-0.05, 0) is 50.1 Å². The van der Waals surface area contributed by atoms with Crippen LogP contribution in [0.5, 0.6) is 0 Å². The van der Waals surface area contributed by atoms with Crippen LogP contribution in [-0.4, -0.2) is 16.1 Å². The van der Waals surface area contributed by atoms with E-state index in [0.717, 1.165) is 9.92 Å². The van der Waals surface area contributed by atoms with Crippen molar-refractivity contribution < 1.29 is 9.90 Å². The summed E-state index contributed by atoms with van der Waals surface area (Å²) in [6, 6.07) is 9.63. The van der Waals surface area contributed by atoms with Crippen molar-refractivity contribution in [3.63, 3.8) is 0 Å². The number of nitrogens with zero attached hydrogens (tertiary/aromatic N) is 1. The summed E-state index contributed by atoms with van der Waals surface area (Å²) in [5, 5.41) is 9.80. The third-order valence-electron chi connectivity index (χ3n) is 2.85. The predicted molar refractivity (Wildman–Crippen MR) is 76.0 cm³/mol. The topological polar surface area (TPSA) is 50.2 Å². The van der Waals surface area contributed by atoms with Gasteiger partial charge >= 0.3 is 5.97 Å². The molecule has 0 aliphatic heterocycles. The van der Waals surface area contributed by atoms with Crippen LogP contribution in [0.15, 0.2) is 40.3 Å². The Morgan fingerprint density at radius 1 is 1.16 bits per heavy atom. The molecular formula is C15H15NO2S. The molecule has 0 saturated carbocycles. The van der Waals surface area contributed by atoms with Crippen LogP contribution in [0.25, 0.3) is 0 Å². The Morgan fingerprint density at radius 2 is 1.89 bits per heavy atom. The van der Waals surface area contributed by atoms with Crippen LogP contribution in [-0.2, 0) is 0 Å². The average molecular weight is 273 g/mol. The van der Waals surface area contributed by atoms with Crippen molar-refractivity contribution in [2.45, 2.75) is 30.7 Å². The Kier molecular flexibility index (Phi) is 3.90. The van der Waals surface area contributed by atoms with E-state index in [1.54, 1.807) is 30.8 Å². The Bertz CT molecular complexity index is 638. The molecule has 0 bridgehead atoms. The molecule has 1 N–H and O–H groups in total. The Balaban J connectivity index is 2.31. The molecule has 2 aromatic rings. The summed E-state index contributed by atoms with van der Waals surface area (Å²) in [5.74, 6) is -0.937. The lowest BCUT2D eigenvalue weighted by Crippen LogP contribution is -2.01. The number of aryl methyl sites for hydroxylation is 3. The second kappa shape index (κ2) is 5.45. The first-order chi connectivity index (χ1) is 8.97. The molecule has 1 aromatic carbocycles. The first kappa shape index (κ1) is 13.6. The van der Waals surface area contributed by atoms with Gasteiger partial charge in [0.2, 0.25) is 0 Å². The molecule has 0 aliphatic carbocycles. The highest BCUT2D eigenvalue weighted by Gasteiger charge is 2.10. The average Bonchev–Trinajstić information content (AvgIpc) is 2.33. The van der Waals surface area contributed by atoms with Crippen LogP contribution in [0.2, 0.25) is 0 Å². The first-order valence-corrected chi connectivity index (χ1v) is 6.75. The standard InChI is InChI=1S/C15H15NO2S/c1-9-4-5-10(2)13(8-9)19-14-7-6-12(15(17)18)11(3)16-14/h4-8H,1-3H3,(H,17,18). The molecule has 2 rings (SSSR count). The molecule has 3 nitrogen and oxygen atoms in total. The second-order valence-electron chi connectivity index (χ2n) is 4.46. The number of pyridine rings is 1. The lowest BCUT2D eigenvalue weighted by molar-refractivity contribution is 0.0695. The van der Waals surface area contributed by atoms with E-state index in [1.165, 1.54) is 11.1 Å². The number of hydrogen-bond acceptors (Lipinski definition) is 3. The molecule has 1 heterocycles. The number of hydrogen-bond donors (Lipinski definition) is 1. The van der Waals surface area contributed by atoms with Crippen molar-refractivity contribution in [1.82, 2.24) is 4.98 Å². The smallest absolute Gasteiger partial charge is 0.337 e. The lowest BCUT2D eigenvalue weighted by atomic mass is 10.2. The zero-order valence-corrected chi connectivity index (χ0v) is 11.9. The Hall–Kier alpha value is -1.81. The minimum absolute atomic E-state index is 0.255. The van der Waals surface area contributed by atoms with Crippen molar-refractivity contribution in [1.29, 1.82) is 0 Å². The maximum atomic E-state index is 10.9. The fraction of sp³-hybridized carbons (Fsp3) is 0.200. The molecular weight excluding hydrogens is 258 g/mol. The minimum Gasteiger partial charge on any atom is -0.478 e. The third-order valence-corrected chi connectivity index (χ3v) is 3.95. The molecule has 98 valence electrons. The fourth-order valence-electron chi connectivity index (χ4n) is 1.75. The highest BCUT2D eigenvalue weighted by molar-refractivity contribution is 7.99. The quantitative estimate of drug-likeness (QED) is 0.922. The second-order valence-corrected chi connectivity index (χ2v) is 5.52. The van der Waals surface area contributed by atoms with Gasteiger partial charge in [0.05, 0.1) is 11.3 Å². The molecule has 0 saturated heterocycles. The summed E-state index contributed by atoms with van der Waals surface area (Å²) < 4.78 is 0. The lowest BCUT2D eigenvalue weighted by Gasteiger charge is -2.07. The van der Waals surface area contributed by atoms with Crippen LogP contribution >= 0.6 is 11.8 Å². The molecule has 19 heavy (non-hydrogen) atoms. The van der Waals surface area contributed by atoms with E-state index in [0.29, 0.717) is 5.69 Å². The van der Waals surface area contributed by atoms with Crippen molar-refractivity contribution in [2.75, 3.05) is 0 Å². The van der Waals surface area contributed by atoms with Gasteiger partial charge in [0.15, 0.2) is 0 Å². The van der Waals surface area contributed by atoms with Gasteiger partial charge in [0.25, 0.3) is 0 Å². The van der Waals surface area contributed by atoms with Crippen LogP contribution < -0.4 is 0 Å². The maximum absolute atomic E-state index is 10.9. The SMILES string of the molecule is Cc1ccc(C)c(Sc2ccc(C(=O)O)c(C)n2)c1. The van der Waals surface area contributed by atoms with Gasteiger partial charge in [0, 0.05) is 4.90 Å². The number of carbonyl (C=O) groups is 1. The van der Waals surface area contributed by atoms with Gasteiger partial charge in [0.1, 0.15) is 5.03 Å². The summed E-state index contributed by atoms with van der Waals surface area (Å²) in [5.41, 5.74) is 3.19. The monoisotopic (exact) mass is 273 g/mol. The Morgan fingerprint density at radius 3 is 2.53 bits per heavy atom. The van der Waals surface area contributed by atoms with Crippen molar-refractivity contribution in [2.24, 2.45) is 0 Å². The van der Waals surface area contributed by atoms with Gasteiger partial charge in [-0.3, -0.25) is 0 Å².